The molecule has 19 heavy (non-hydrogen) atoms. The number of ketones is 1. The second kappa shape index (κ2) is 5.19. The van der Waals surface area contributed by atoms with E-state index in [1.54, 1.807) is 11.3 Å². The van der Waals surface area contributed by atoms with Gasteiger partial charge in [-0.15, -0.1) is 11.3 Å². The van der Waals surface area contributed by atoms with E-state index in [2.05, 4.69) is 15.9 Å². The molecule has 0 amide bonds. The molecule has 1 aromatic carbocycles. The van der Waals surface area contributed by atoms with Crippen LogP contribution in [0.1, 0.15) is 44.2 Å². The molecule has 1 aromatic heterocycles. The predicted octanol–water partition coefficient (Wildman–Crippen LogP) is 4.51. The lowest BCUT2D eigenvalue weighted by atomic mass is 10.0. The summed E-state index contributed by atoms with van der Waals surface area (Å²) in [5.74, 6) is 0.0958. The minimum Gasteiger partial charge on any atom is -0.371 e. The van der Waals surface area contributed by atoms with Crippen molar-refractivity contribution in [1.82, 2.24) is 0 Å². The van der Waals surface area contributed by atoms with Crippen LogP contribution in [0.4, 0.5) is 0 Å². The fourth-order valence-electron chi connectivity index (χ4n) is 2.45. The maximum absolute atomic E-state index is 12.6. The molecule has 0 saturated carbocycles. The van der Waals surface area contributed by atoms with Crippen LogP contribution in [0.3, 0.4) is 0 Å². The van der Waals surface area contributed by atoms with Crippen molar-refractivity contribution in [2.75, 3.05) is 6.61 Å². The molecule has 0 fully saturated rings. The normalized spacial score (nSPS) is 21.7. The summed E-state index contributed by atoms with van der Waals surface area (Å²) < 4.78 is 5.88. The van der Waals surface area contributed by atoms with Crippen LogP contribution >= 0.6 is 27.3 Å². The Morgan fingerprint density at radius 2 is 2.05 bits per heavy atom. The standard InChI is InChI=1S/C15H13BrO2S/c1-2-18-14-12(16)9-5-3-4-6-10(9)13(17)11-7-8-19-15(11)14/h3-8,12,14H,2H2,1H3. The third-order valence-corrected chi connectivity index (χ3v) is 5.26. The first-order chi connectivity index (χ1) is 9.24. The van der Waals surface area contributed by atoms with E-state index in [1.807, 2.05) is 42.6 Å². The Kier molecular flexibility index (Phi) is 3.56. The van der Waals surface area contributed by atoms with E-state index < -0.39 is 0 Å². The molecule has 1 heterocycles. The zero-order valence-electron chi connectivity index (χ0n) is 10.4. The molecule has 0 bridgehead atoms. The molecule has 0 aliphatic heterocycles. The van der Waals surface area contributed by atoms with Gasteiger partial charge >= 0.3 is 0 Å². The summed E-state index contributed by atoms with van der Waals surface area (Å²) in [6, 6.07) is 9.65. The van der Waals surface area contributed by atoms with Gasteiger partial charge in [0.2, 0.25) is 0 Å². The summed E-state index contributed by atoms with van der Waals surface area (Å²) in [5, 5.41) is 1.96. The van der Waals surface area contributed by atoms with Crippen molar-refractivity contribution >= 4 is 33.0 Å². The Balaban J connectivity index is 2.22. The van der Waals surface area contributed by atoms with Gasteiger partial charge in [0.1, 0.15) is 6.10 Å². The number of hydrogen-bond donors (Lipinski definition) is 0. The molecular formula is C15H13BrO2S. The molecular weight excluding hydrogens is 324 g/mol. The molecule has 1 aliphatic rings. The molecule has 98 valence electrons. The molecule has 0 N–H and O–H groups in total. The van der Waals surface area contributed by atoms with Crippen molar-refractivity contribution in [1.29, 1.82) is 0 Å². The van der Waals surface area contributed by atoms with E-state index in [4.69, 9.17) is 4.74 Å². The van der Waals surface area contributed by atoms with Gasteiger partial charge in [-0.3, -0.25) is 4.79 Å². The van der Waals surface area contributed by atoms with Gasteiger partial charge in [0.15, 0.2) is 5.78 Å². The number of alkyl halides is 1. The molecule has 2 aromatic rings. The van der Waals surface area contributed by atoms with Gasteiger partial charge in [-0.05, 0) is 23.9 Å². The zero-order chi connectivity index (χ0) is 13.4. The van der Waals surface area contributed by atoms with Crippen molar-refractivity contribution in [3.63, 3.8) is 0 Å². The van der Waals surface area contributed by atoms with E-state index >= 15 is 0 Å². The molecule has 3 rings (SSSR count). The second-order valence-electron chi connectivity index (χ2n) is 4.39. The summed E-state index contributed by atoms with van der Waals surface area (Å²) in [6.45, 7) is 2.60. The first-order valence-electron chi connectivity index (χ1n) is 6.20. The third kappa shape index (κ3) is 2.08. The highest BCUT2D eigenvalue weighted by Gasteiger charge is 2.34. The van der Waals surface area contributed by atoms with Crippen LogP contribution in [0.15, 0.2) is 35.7 Å². The summed E-state index contributed by atoms with van der Waals surface area (Å²) in [5.41, 5.74) is 2.55. The number of rotatable bonds is 2. The van der Waals surface area contributed by atoms with Crippen LogP contribution in [-0.2, 0) is 4.74 Å². The minimum atomic E-state index is -0.104. The average molecular weight is 337 g/mol. The number of ether oxygens (including phenoxy) is 1. The van der Waals surface area contributed by atoms with Gasteiger partial charge in [-0.2, -0.15) is 0 Å². The van der Waals surface area contributed by atoms with Crippen LogP contribution < -0.4 is 0 Å². The Bertz CT molecular complexity index is 620. The SMILES string of the molecule is CCOC1c2sccc2C(=O)c2ccccc2C1Br. The van der Waals surface area contributed by atoms with Crippen LogP contribution in [0.25, 0.3) is 0 Å². The number of thiophene rings is 1. The van der Waals surface area contributed by atoms with Crippen molar-refractivity contribution in [3.8, 4) is 0 Å². The lowest BCUT2D eigenvalue weighted by Gasteiger charge is -2.21. The molecule has 2 atom stereocenters. The Labute approximate surface area is 124 Å². The van der Waals surface area contributed by atoms with E-state index in [-0.39, 0.29) is 16.7 Å². The molecule has 1 aliphatic carbocycles. The number of carbonyl (C=O) groups excluding carboxylic acids is 1. The second-order valence-corrected chi connectivity index (χ2v) is 6.33. The van der Waals surface area contributed by atoms with Gasteiger partial charge in [0.25, 0.3) is 0 Å². The molecule has 0 radical (unpaired) electrons. The van der Waals surface area contributed by atoms with Crippen molar-refractivity contribution < 1.29 is 9.53 Å². The van der Waals surface area contributed by atoms with E-state index in [0.29, 0.717) is 6.61 Å². The summed E-state index contributed by atoms with van der Waals surface area (Å²) >= 11 is 5.31. The smallest absolute Gasteiger partial charge is 0.194 e. The monoisotopic (exact) mass is 336 g/mol. The van der Waals surface area contributed by atoms with Crippen molar-refractivity contribution in [2.24, 2.45) is 0 Å². The van der Waals surface area contributed by atoms with Crippen LogP contribution in [0, 0.1) is 0 Å². The summed E-state index contributed by atoms with van der Waals surface area (Å²) in [7, 11) is 0. The Morgan fingerprint density at radius 3 is 2.84 bits per heavy atom. The van der Waals surface area contributed by atoms with E-state index in [9.17, 15) is 4.79 Å². The minimum absolute atomic E-state index is 0.00694. The van der Waals surface area contributed by atoms with Gasteiger partial charge in [0, 0.05) is 22.6 Å². The maximum Gasteiger partial charge on any atom is 0.194 e. The van der Waals surface area contributed by atoms with Crippen LogP contribution in [0.2, 0.25) is 0 Å². The highest BCUT2D eigenvalue weighted by Crippen LogP contribution is 2.46. The lowest BCUT2D eigenvalue weighted by molar-refractivity contribution is 0.0644. The summed E-state index contributed by atoms with van der Waals surface area (Å²) in [6.07, 6.45) is -0.104. The van der Waals surface area contributed by atoms with Crippen LogP contribution in [-0.4, -0.2) is 12.4 Å². The van der Waals surface area contributed by atoms with Crippen molar-refractivity contribution in [3.05, 3.63) is 57.3 Å². The Hall–Kier alpha value is -0.970. The first-order valence-corrected chi connectivity index (χ1v) is 8.00. The van der Waals surface area contributed by atoms with Crippen LogP contribution in [0.5, 0.6) is 0 Å². The number of hydrogen-bond acceptors (Lipinski definition) is 3. The van der Waals surface area contributed by atoms with Gasteiger partial charge in [0.05, 0.1) is 4.83 Å². The number of halogens is 1. The molecule has 0 saturated heterocycles. The zero-order valence-corrected chi connectivity index (χ0v) is 12.8. The van der Waals surface area contributed by atoms with E-state index in [1.165, 1.54) is 0 Å². The third-order valence-electron chi connectivity index (χ3n) is 3.31. The highest BCUT2D eigenvalue weighted by molar-refractivity contribution is 9.09. The topological polar surface area (TPSA) is 26.3 Å². The predicted molar refractivity (Wildman–Crippen MR) is 80.2 cm³/mol. The van der Waals surface area contributed by atoms with E-state index in [0.717, 1.165) is 21.6 Å². The van der Waals surface area contributed by atoms with Gasteiger partial charge in [-0.1, -0.05) is 40.2 Å². The number of benzene rings is 1. The Morgan fingerprint density at radius 1 is 1.26 bits per heavy atom. The van der Waals surface area contributed by atoms with Gasteiger partial charge in [-0.25, -0.2) is 0 Å². The molecule has 2 nitrogen and oxygen atoms in total. The first kappa shape index (κ1) is 13.0. The number of carbonyl (C=O) groups is 1. The number of fused-ring (bicyclic) bond motifs is 2. The fraction of sp³-hybridized carbons (Fsp3) is 0.267. The largest absolute Gasteiger partial charge is 0.371 e. The van der Waals surface area contributed by atoms with Crippen molar-refractivity contribution in [2.45, 2.75) is 17.9 Å². The lowest BCUT2D eigenvalue weighted by Crippen LogP contribution is -2.09. The highest BCUT2D eigenvalue weighted by atomic mass is 79.9. The fourth-order valence-corrected chi connectivity index (χ4v) is 4.42. The quantitative estimate of drug-likeness (QED) is 0.754. The maximum atomic E-state index is 12.6. The average Bonchev–Trinajstić information content (AvgIpc) is 2.89. The van der Waals surface area contributed by atoms with Gasteiger partial charge < -0.3 is 4.74 Å². The molecule has 0 spiro atoms. The summed E-state index contributed by atoms with van der Waals surface area (Å²) in [4.78, 5) is 13.6. The molecule has 4 heteroatoms. The molecule has 2 unspecified atom stereocenters.